The van der Waals surface area contributed by atoms with Crippen LogP contribution in [0, 0.1) is 11.3 Å². The highest BCUT2D eigenvalue weighted by Crippen LogP contribution is 2.43. The molecule has 1 aliphatic rings. The third-order valence-electron chi connectivity index (χ3n) is 4.93. The van der Waals surface area contributed by atoms with Crippen LogP contribution in [0.1, 0.15) is 18.1 Å². The van der Waals surface area contributed by atoms with E-state index in [4.69, 9.17) is 4.74 Å². The van der Waals surface area contributed by atoms with E-state index in [1.807, 2.05) is 61.5 Å². The highest BCUT2D eigenvalue weighted by atomic mass is 32.2. The Morgan fingerprint density at radius 1 is 1.23 bits per heavy atom. The first-order valence-corrected chi connectivity index (χ1v) is 10.5. The predicted octanol–water partition coefficient (Wildman–Crippen LogP) is 3.43. The number of nitrogens with one attached hydrogen (secondary N) is 1. The van der Waals surface area contributed by atoms with Gasteiger partial charge in [0.2, 0.25) is 5.91 Å². The number of hydrogen-bond donors (Lipinski definition) is 1. The summed E-state index contributed by atoms with van der Waals surface area (Å²) in [5.74, 6) is 0.106. The van der Waals surface area contributed by atoms with Crippen LogP contribution in [-0.4, -0.2) is 31.2 Å². The Morgan fingerprint density at radius 3 is 2.53 bits per heavy atom. The quantitative estimate of drug-likeness (QED) is 0.571. The predicted molar refractivity (Wildman–Crippen MR) is 118 cm³/mol. The van der Waals surface area contributed by atoms with E-state index < -0.39 is 11.2 Å². The molecule has 1 heterocycles. The van der Waals surface area contributed by atoms with Crippen molar-refractivity contribution in [3.8, 4) is 11.8 Å². The van der Waals surface area contributed by atoms with Gasteiger partial charge in [-0.3, -0.25) is 14.5 Å². The van der Waals surface area contributed by atoms with Crippen molar-refractivity contribution in [3.05, 3.63) is 70.3 Å². The number of amides is 2. The molecule has 0 aliphatic carbocycles. The lowest BCUT2D eigenvalue weighted by atomic mass is 10.1. The number of para-hydroxylation sites is 1. The fraction of sp³-hybridized carbons (Fsp3) is 0.261. The summed E-state index contributed by atoms with van der Waals surface area (Å²) in [5.41, 5.74) is 2.61. The number of aryl methyl sites for hydroxylation is 1. The van der Waals surface area contributed by atoms with Crippen molar-refractivity contribution in [1.29, 1.82) is 5.26 Å². The maximum absolute atomic E-state index is 13.4. The summed E-state index contributed by atoms with van der Waals surface area (Å²) >= 11 is 1.26. The van der Waals surface area contributed by atoms with E-state index in [0.29, 0.717) is 17.1 Å². The van der Waals surface area contributed by atoms with Crippen LogP contribution in [0.5, 0.6) is 5.75 Å². The minimum atomic E-state index is -0.503. The van der Waals surface area contributed by atoms with E-state index in [0.717, 1.165) is 23.3 Å². The molecule has 1 unspecified atom stereocenters. The Kier molecular flexibility index (Phi) is 6.80. The van der Waals surface area contributed by atoms with Gasteiger partial charge >= 0.3 is 0 Å². The second-order valence-electron chi connectivity index (χ2n) is 6.69. The number of likely N-dealkylation sites (N-methyl/N-ethyl adjacent to an activating group) is 1. The van der Waals surface area contributed by atoms with Crippen molar-refractivity contribution in [2.45, 2.75) is 25.0 Å². The average molecular weight is 422 g/mol. The smallest absolute Gasteiger partial charge is 0.264 e. The van der Waals surface area contributed by atoms with Crippen LogP contribution in [-0.2, 0) is 22.4 Å². The van der Waals surface area contributed by atoms with E-state index in [1.54, 1.807) is 7.11 Å². The fourth-order valence-corrected chi connectivity index (χ4v) is 4.64. The Balaban J connectivity index is 2.05. The lowest BCUT2D eigenvalue weighted by Crippen LogP contribution is -2.32. The van der Waals surface area contributed by atoms with Crippen molar-refractivity contribution in [2.24, 2.45) is 0 Å². The van der Waals surface area contributed by atoms with E-state index in [9.17, 15) is 14.9 Å². The number of rotatable bonds is 6. The van der Waals surface area contributed by atoms with Gasteiger partial charge in [-0.25, -0.2) is 0 Å². The molecule has 2 aromatic carbocycles. The summed E-state index contributed by atoms with van der Waals surface area (Å²) in [7, 11) is 3.08. The van der Waals surface area contributed by atoms with Crippen molar-refractivity contribution in [1.82, 2.24) is 5.32 Å². The Hall–Kier alpha value is -3.24. The van der Waals surface area contributed by atoms with Gasteiger partial charge in [0.1, 0.15) is 22.4 Å². The molecule has 2 aromatic rings. The first-order chi connectivity index (χ1) is 14.5. The molecule has 154 valence electrons. The third-order valence-corrected chi connectivity index (χ3v) is 6.19. The van der Waals surface area contributed by atoms with Crippen molar-refractivity contribution >= 4 is 29.3 Å². The maximum Gasteiger partial charge on any atom is 0.264 e. The minimum absolute atomic E-state index is 0.0565. The van der Waals surface area contributed by atoms with Gasteiger partial charge in [-0.05, 0) is 42.2 Å². The number of ether oxygens (including phenoxy) is 1. The number of nitrogens with zero attached hydrogens (tertiary/aromatic N) is 2. The van der Waals surface area contributed by atoms with Gasteiger partial charge in [-0.1, -0.05) is 49.0 Å². The van der Waals surface area contributed by atoms with Gasteiger partial charge in [0.05, 0.1) is 18.0 Å². The number of anilines is 1. The summed E-state index contributed by atoms with van der Waals surface area (Å²) in [5, 5.41) is 12.1. The number of nitriles is 1. The molecular weight excluding hydrogens is 398 g/mol. The van der Waals surface area contributed by atoms with E-state index in [1.165, 1.54) is 23.7 Å². The largest absolute Gasteiger partial charge is 0.497 e. The molecule has 1 saturated heterocycles. The minimum Gasteiger partial charge on any atom is -0.497 e. The summed E-state index contributed by atoms with van der Waals surface area (Å²) < 4.78 is 5.19. The van der Waals surface area contributed by atoms with Gasteiger partial charge in [0.25, 0.3) is 5.91 Å². The number of methoxy groups -OCH3 is 1. The van der Waals surface area contributed by atoms with Crippen LogP contribution in [0.3, 0.4) is 0 Å². The monoisotopic (exact) mass is 421 g/mol. The zero-order valence-electron chi connectivity index (χ0n) is 17.1. The fourth-order valence-electron chi connectivity index (χ4n) is 3.33. The normalized spacial score (nSPS) is 17.5. The summed E-state index contributed by atoms with van der Waals surface area (Å²) in [6, 6.07) is 17.1. The summed E-state index contributed by atoms with van der Waals surface area (Å²) in [6.07, 6.45) is 1.21. The molecule has 7 heteroatoms. The first kappa shape index (κ1) is 21.5. The topological polar surface area (TPSA) is 82.4 Å². The standard InChI is InChI=1S/C23H23N3O3S/c1-4-16-7-5-6-8-19(16)26-22(28)20(13-15-9-11-17(29-3)12-10-15)30-23(26)18(14-24)21(27)25-2/h5-12,20H,4,13H2,1-3H3,(H,25,27)/b23-18+. The molecule has 0 bridgehead atoms. The molecule has 0 radical (unpaired) electrons. The van der Waals surface area contributed by atoms with Gasteiger partial charge in [0, 0.05) is 7.05 Å². The second kappa shape index (κ2) is 9.51. The van der Waals surface area contributed by atoms with Gasteiger partial charge in [0.15, 0.2) is 0 Å². The number of carbonyl (C=O) groups excluding carboxylic acids is 2. The molecule has 3 rings (SSSR count). The van der Waals surface area contributed by atoms with Crippen LogP contribution in [0.15, 0.2) is 59.1 Å². The van der Waals surface area contributed by atoms with Crippen LogP contribution in [0.2, 0.25) is 0 Å². The lowest BCUT2D eigenvalue weighted by molar-refractivity contribution is -0.117. The number of carbonyl (C=O) groups is 2. The highest BCUT2D eigenvalue weighted by Gasteiger charge is 2.41. The van der Waals surface area contributed by atoms with E-state index >= 15 is 0 Å². The zero-order chi connectivity index (χ0) is 21.7. The second-order valence-corrected chi connectivity index (χ2v) is 7.88. The molecule has 0 aromatic heterocycles. The molecular formula is C23H23N3O3S. The van der Waals surface area contributed by atoms with Gasteiger partial charge in [-0.2, -0.15) is 5.26 Å². The van der Waals surface area contributed by atoms with E-state index in [-0.39, 0.29) is 11.5 Å². The molecule has 30 heavy (non-hydrogen) atoms. The van der Waals surface area contributed by atoms with Crippen molar-refractivity contribution in [3.63, 3.8) is 0 Å². The molecule has 1 fully saturated rings. The third kappa shape index (κ3) is 4.19. The van der Waals surface area contributed by atoms with Crippen LogP contribution >= 0.6 is 11.8 Å². The number of hydrogen-bond acceptors (Lipinski definition) is 5. The first-order valence-electron chi connectivity index (χ1n) is 9.61. The Labute approximate surface area is 180 Å². The highest BCUT2D eigenvalue weighted by molar-refractivity contribution is 8.05. The number of thioether (sulfide) groups is 1. The Bertz CT molecular complexity index is 1020. The van der Waals surface area contributed by atoms with Crippen molar-refractivity contribution in [2.75, 3.05) is 19.1 Å². The van der Waals surface area contributed by atoms with Crippen LogP contribution in [0.4, 0.5) is 5.69 Å². The zero-order valence-corrected chi connectivity index (χ0v) is 18.0. The molecule has 1 atom stereocenters. The maximum atomic E-state index is 13.4. The van der Waals surface area contributed by atoms with Crippen LogP contribution < -0.4 is 15.0 Å². The average Bonchev–Trinajstić information content (AvgIpc) is 3.09. The molecule has 0 saturated carbocycles. The molecule has 0 spiro atoms. The molecule has 1 aliphatic heterocycles. The van der Waals surface area contributed by atoms with Gasteiger partial charge in [-0.15, -0.1) is 0 Å². The Morgan fingerprint density at radius 2 is 1.93 bits per heavy atom. The summed E-state index contributed by atoms with van der Waals surface area (Å²) in [6.45, 7) is 2.01. The lowest BCUT2D eigenvalue weighted by Gasteiger charge is -2.21. The van der Waals surface area contributed by atoms with E-state index in [2.05, 4.69) is 5.32 Å². The van der Waals surface area contributed by atoms with Crippen molar-refractivity contribution < 1.29 is 14.3 Å². The van der Waals surface area contributed by atoms with Gasteiger partial charge < -0.3 is 10.1 Å². The SMILES string of the molecule is CCc1ccccc1N1C(=O)C(Cc2ccc(OC)cc2)S/C1=C(\C#N)C(=O)NC. The molecule has 2 amide bonds. The van der Waals surface area contributed by atoms with Crippen LogP contribution in [0.25, 0.3) is 0 Å². The molecule has 6 nitrogen and oxygen atoms in total. The molecule has 1 N–H and O–H groups in total. The number of benzene rings is 2. The summed E-state index contributed by atoms with van der Waals surface area (Å²) in [4.78, 5) is 27.3.